The molecule has 0 aliphatic carbocycles. The molecule has 3 heterocycles. The van der Waals surface area contributed by atoms with Crippen LogP contribution in [-0.4, -0.2) is 39.0 Å². The van der Waals surface area contributed by atoms with Gasteiger partial charge in [-0.15, -0.1) is 0 Å². The number of aromatic amines is 1. The zero-order valence-corrected chi connectivity index (χ0v) is 18.1. The van der Waals surface area contributed by atoms with Crippen molar-refractivity contribution in [3.8, 4) is 0 Å². The van der Waals surface area contributed by atoms with Gasteiger partial charge in [0.15, 0.2) is 5.13 Å². The summed E-state index contributed by atoms with van der Waals surface area (Å²) in [6, 6.07) is 4.51. The van der Waals surface area contributed by atoms with Crippen LogP contribution in [-0.2, 0) is 17.7 Å². The van der Waals surface area contributed by atoms with Crippen molar-refractivity contribution in [2.45, 2.75) is 46.3 Å². The predicted octanol–water partition coefficient (Wildman–Crippen LogP) is 4.62. The third-order valence-corrected chi connectivity index (χ3v) is 5.76. The molecule has 0 radical (unpaired) electrons. The number of fused-ring (bicyclic) bond motifs is 2. The van der Waals surface area contributed by atoms with Crippen molar-refractivity contribution in [3.05, 3.63) is 45.8 Å². The number of benzene rings is 1. The molecule has 0 fully saturated rings. The lowest BCUT2D eigenvalue weighted by Gasteiger charge is -2.29. The van der Waals surface area contributed by atoms with Crippen molar-refractivity contribution < 1.29 is 18.7 Å². The van der Waals surface area contributed by atoms with Gasteiger partial charge in [-0.3, -0.25) is 10.1 Å². The first kappa shape index (κ1) is 20.3. The number of ether oxygens (including phenoxy) is 1. The number of thiazole rings is 1. The lowest BCUT2D eigenvalue weighted by molar-refractivity contribution is 0.0225. The van der Waals surface area contributed by atoms with Crippen molar-refractivity contribution in [2.75, 3.05) is 11.9 Å². The van der Waals surface area contributed by atoms with E-state index in [-0.39, 0.29) is 17.8 Å². The van der Waals surface area contributed by atoms with Crippen molar-refractivity contribution in [3.63, 3.8) is 0 Å². The number of anilines is 1. The number of rotatable bonds is 2. The van der Waals surface area contributed by atoms with E-state index in [1.165, 1.54) is 23.5 Å². The van der Waals surface area contributed by atoms with Crippen LogP contribution in [0.15, 0.2) is 18.2 Å². The maximum Gasteiger partial charge on any atom is 0.410 e. The number of amides is 2. The third-order valence-electron chi connectivity index (χ3n) is 4.76. The highest BCUT2D eigenvalue weighted by Crippen LogP contribution is 2.30. The van der Waals surface area contributed by atoms with E-state index in [9.17, 15) is 14.0 Å². The van der Waals surface area contributed by atoms with Crippen LogP contribution in [0, 0.1) is 12.7 Å². The van der Waals surface area contributed by atoms with E-state index < -0.39 is 5.60 Å². The normalized spacial score (nSPS) is 14.0. The zero-order valence-electron chi connectivity index (χ0n) is 17.3. The second-order valence-corrected chi connectivity index (χ2v) is 9.45. The van der Waals surface area contributed by atoms with Crippen molar-refractivity contribution in [2.24, 2.45) is 0 Å². The Morgan fingerprint density at radius 2 is 2.07 bits per heavy atom. The van der Waals surface area contributed by atoms with Gasteiger partial charge < -0.3 is 14.6 Å². The van der Waals surface area contributed by atoms with Gasteiger partial charge in [0, 0.05) is 28.7 Å². The minimum absolute atomic E-state index is 0.335. The number of nitrogens with zero attached hydrogens (tertiary/aromatic N) is 2. The van der Waals surface area contributed by atoms with Gasteiger partial charge in [-0.2, -0.15) is 0 Å². The molecular weight excluding hydrogens is 407 g/mol. The van der Waals surface area contributed by atoms with Crippen LogP contribution in [0.4, 0.5) is 14.3 Å². The molecule has 4 rings (SSSR count). The molecule has 0 bridgehead atoms. The van der Waals surface area contributed by atoms with Gasteiger partial charge in [0.05, 0.1) is 12.2 Å². The Hall–Kier alpha value is -2.94. The molecule has 1 aliphatic rings. The number of aryl methyl sites for hydroxylation is 1. The molecule has 9 heteroatoms. The van der Waals surface area contributed by atoms with Crippen LogP contribution in [0.25, 0.3) is 10.9 Å². The highest BCUT2D eigenvalue weighted by Gasteiger charge is 2.28. The third kappa shape index (κ3) is 4.16. The Labute approximate surface area is 177 Å². The minimum atomic E-state index is -0.551. The number of carbonyl (C=O) groups excluding carboxylic acids is 2. The monoisotopic (exact) mass is 430 g/mol. The van der Waals surface area contributed by atoms with Gasteiger partial charge in [0.25, 0.3) is 5.91 Å². The van der Waals surface area contributed by atoms with Crippen molar-refractivity contribution in [1.29, 1.82) is 0 Å². The van der Waals surface area contributed by atoms with Gasteiger partial charge >= 0.3 is 6.09 Å². The molecule has 0 atom stereocenters. The van der Waals surface area contributed by atoms with Gasteiger partial charge in [0.1, 0.15) is 17.1 Å². The van der Waals surface area contributed by atoms with Crippen LogP contribution in [0.3, 0.4) is 0 Å². The highest BCUT2D eigenvalue weighted by molar-refractivity contribution is 7.15. The zero-order chi connectivity index (χ0) is 21.6. The first-order valence-corrected chi connectivity index (χ1v) is 10.5. The average Bonchev–Trinajstić information content (AvgIpc) is 3.22. The molecule has 0 saturated carbocycles. The number of nitrogens with one attached hydrogen (secondary N) is 2. The van der Waals surface area contributed by atoms with Crippen molar-refractivity contribution >= 4 is 39.4 Å². The molecule has 2 amide bonds. The Morgan fingerprint density at radius 1 is 1.30 bits per heavy atom. The molecule has 3 aromatic rings. The molecule has 2 aromatic heterocycles. The largest absolute Gasteiger partial charge is 0.444 e. The van der Waals surface area contributed by atoms with E-state index >= 15 is 0 Å². The summed E-state index contributed by atoms with van der Waals surface area (Å²) < 4.78 is 19.0. The number of halogens is 1. The summed E-state index contributed by atoms with van der Waals surface area (Å²) in [6.45, 7) is 8.22. The molecule has 0 unspecified atom stereocenters. The molecule has 2 N–H and O–H groups in total. The van der Waals surface area contributed by atoms with E-state index in [1.807, 2.05) is 20.8 Å². The molecule has 1 aromatic carbocycles. The smallest absolute Gasteiger partial charge is 0.410 e. The fourth-order valence-electron chi connectivity index (χ4n) is 3.39. The van der Waals surface area contributed by atoms with Gasteiger partial charge in [-0.05, 0) is 51.5 Å². The summed E-state index contributed by atoms with van der Waals surface area (Å²) in [5.41, 5.74) is 1.99. The summed E-state index contributed by atoms with van der Waals surface area (Å²) in [6.07, 6.45) is 0.249. The summed E-state index contributed by atoms with van der Waals surface area (Å²) in [5, 5.41) is 4.07. The molecule has 7 nitrogen and oxygen atoms in total. The molecule has 30 heavy (non-hydrogen) atoms. The maximum absolute atomic E-state index is 13.6. The topological polar surface area (TPSA) is 87.3 Å². The quantitative estimate of drug-likeness (QED) is 0.621. The van der Waals surface area contributed by atoms with Crippen LogP contribution in [0.2, 0.25) is 0 Å². The number of hydrogen-bond donors (Lipinski definition) is 2. The molecule has 158 valence electrons. The highest BCUT2D eigenvalue weighted by atomic mass is 32.1. The summed E-state index contributed by atoms with van der Waals surface area (Å²) >= 11 is 1.34. The van der Waals surface area contributed by atoms with Crippen LogP contribution in [0.5, 0.6) is 0 Å². The first-order valence-electron chi connectivity index (χ1n) is 9.66. The second kappa shape index (κ2) is 7.39. The Balaban J connectivity index is 1.48. The maximum atomic E-state index is 13.6. The average molecular weight is 431 g/mol. The number of carbonyl (C=O) groups is 2. The number of H-pyrrole nitrogens is 1. The lowest BCUT2D eigenvalue weighted by atomic mass is 10.1. The molecule has 0 saturated heterocycles. The Bertz CT molecular complexity index is 1150. The lowest BCUT2D eigenvalue weighted by Crippen LogP contribution is -2.39. The predicted molar refractivity (Wildman–Crippen MR) is 113 cm³/mol. The minimum Gasteiger partial charge on any atom is -0.444 e. The SMILES string of the molecule is Cc1cc(F)cc2[nH]c(C(=O)Nc3nc4c(s3)CN(C(=O)OC(C)(C)C)CC4)cc12. The Morgan fingerprint density at radius 3 is 2.80 bits per heavy atom. The van der Waals surface area contributed by atoms with E-state index in [0.717, 1.165) is 21.5 Å². The standard InChI is InChI=1S/C21H23FN4O3S/c1-11-7-12(22)8-15-13(11)9-16(23-15)18(27)25-19-24-14-5-6-26(10-17(14)30-19)20(28)29-21(2,3)4/h7-9,23H,5-6,10H2,1-4H3,(H,24,25,27). The summed E-state index contributed by atoms with van der Waals surface area (Å²) in [5.74, 6) is -0.697. The molecular formula is C21H23FN4O3S. The molecule has 1 aliphatic heterocycles. The van der Waals surface area contributed by atoms with Crippen molar-refractivity contribution in [1.82, 2.24) is 14.9 Å². The fourth-order valence-corrected chi connectivity index (χ4v) is 4.41. The van der Waals surface area contributed by atoms with E-state index in [2.05, 4.69) is 15.3 Å². The van der Waals surface area contributed by atoms with Gasteiger partial charge in [-0.25, -0.2) is 14.2 Å². The van der Waals surface area contributed by atoms with E-state index in [0.29, 0.717) is 35.9 Å². The van der Waals surface area contributed by atoms with Crippen LogP contribution >= 0.6 is 11.3 Å². The van der Waals surface area contributed by atoms with E-state index in [1.54, 1.807) is 17.9 Å². The second-order valence-electron chi connectivity index (χ2n) is 8.36. The van der Waals surface area contributed by atoms with Gasteiger partial charge in [-0.1, -0.05) is 11.3 Å². The number of hydrogen-bond acceptors (Lipinski definition) is 5. The fraction of sp³-hybridized carbons (Fsp3) is 0.381. The van der Waals surface area contributed by atoms with Crippen LogP contribution < -0.4 is 5.32 Å². The first-order chi connectivity index (χ1) is 14.1. The molecule has 0 spiro atoms. The van der Waals surface area contributed by atoms with E-state index in [4.69, 9.17) is 4.74 Å². The van der Waals surface area contributed by atoms with Gasteiger partial charge in [0.2, 0.25) is 0 Å². The summed E-state index contributed by atoms with van der Waals surface area (Å²) in [7, 11) is 0. The number of aromatic nitrogens is 2. The Kier molecular flexibility index (Phi) is 5.01. The summed E-state index contributed by atoms with van der Waals surface area (Å²) in [4.78, 5) is 35.0. The van der Waals surface area contributed by atoms with Crippen LogP contribution in [0.1, 0.15) is 47.4 Å².